The zero-order valence-corrected chi connectivity index (χ0v) is 14.8. The molecule has 2 N–H and O–H groups in total. The number of hydrogen-bond acceptors (Lipinski definition) is 4. The van der Waals surface area contributed by atoms with Gasteiger partial charge in [-0.25, -0.2) is 4.98 Å². The van der Waals surface area contributed by atoms with E-state index in [1.807, 2.05) is 30.3 Å². The quantitative estimate of drug-likeness (QED) is 0.829. The second-order valence-electron chi connectivity index (χ2n) is 6.31. The van der Waals surface area contributed by atoms with Crippen LogP contribution in [0.5, 0.6) is 11.5 Å². The Bertz CT molecular complexity index is 749. The van der Waals surface area contributed by atoms with Gasteiger partial charge in [-0.3, -0.25) is 0 Å². The normalized spacial score (nSPS) is 18.0. The van der Waals surface area contributed by atoms with Crippen molar-refractivity contribution in [2.45, 2.75) is 31.9 Å². The Kier molecular flexibility index (Phi) is 4.57. The molecule has 6 heteroatoms. The van der Waals surface area contributed by atoms with E-state index in [9.17, 15) is 0 Å². The highest BCUT2D eigenvalue weighted by Gasteiger charge is 2.33. The van der Waals surface area contributed by atoms with E-state index in [1.54, 1.807) is 13.3 Å². The summed E-state index contributed by atoms with van der Waals surface area (Å²) in [6.45, 7) is 4.16. The van der Waals surface area contributed by atoms with E-state index in [-0.39, 0.29) is 11.6 Å². The average molecular weight is 343 g/mol. The van der Waals surface area contributed by atoms with Crippen LogP contribution in [0.2, 0.25) is 0 Å². The fourth-order valence-corrected chi connectivity index (χ4v) is 3.12. The highest BCUT2D eigenvalue weighted by atomic mass is 32.1. The van der Waals surface area contributed by atoms with Gasteiger partial charge in [-0.1, -0.05) is 18.2 Å². The molecule has 2 heterocycles. The molecule has 1 aliphatic heterocycles. The SMILES string of the molecule is COc1cccnc1NC(=S)N[C@@H]1CC(C)(C)Oc2ccccc21. The van der Waals surface area contributed by atoms with Gasteiger partial charge in [-0.15, -0.1) is 0 Å². The molecule has 126 valence electrons. The molecular formula is C18H21N3O2S. The van der Waals surface area contributed by atoms with E-state index in [0.29, 0.717) is 16.7 Å². The molecule has 3 rings (SSSR count). The molecular weight excluding hydrogens is 322 g/mol. The maximum absolute atomic E-state index is 6.05. The first-order chi connectivity index (χ1) is 11.5. The van der Waals surface area contributed by atoms with Crippen molar-refractivity contribution >= 4 is 23.1 Å². The number of pyridine rings is 1. The van der Waals surface area contributed by atoms with Gasteiger partial charge in [0.25, 0.3) is 0 Å². The van der Waals surface area contributed by atoms with Gasteiger partial charge in [0.1, 0.15) is 11.4 Å². The van der Waals surface area contributed by atoms with E-state index < -0.39 is 0 Å². The number of fused-ring (bicyclic) bond motifs is 1. The lowest BCUT2D eigenvalue weighted by Gasteiger charge is -2.38. The molecule has 0 aliphatic carbocycles. The number of aromatic nitrogens is 1. The van der Waals surface area contributed by atoms with Crippen LogP contribution in [0, 0.1) is 0 Å². The molecule has 0 saturated heterocycles. The summed E-state index contributed by atoms with van der Waals surface area (Å²) in [6, 6.07) is 11.8. The maximum Gasteiger partial charge on any atom is 0.174 e. The number of anilines is 1. The van der Waals surface area contributed by atoms with Gasteiger partial charge in [-0.05, 0) is 44.3 Å². The summed E-state index contributed by atoms with van der Waals surface area (Å²) >= 11 is 5.47. The molecule has 0 fully saturated rings. The Hall–Kier alpha value is -2.34. The monoisotopic (exact) mass is 343 g/mol. The zero-order chi connectivity index (χ0) is 17.2. The van der Waals surface area contributed by atoms with Crippen molar-refractivity contribution < 1.29 is 9.47 Å². The lowest BCUT2D eigenvalue weighted by atomic mass is 9.90. The predicted octanol–water partition coefficient (Wildman–Crippen LogP) is 3.68. The van der Waals surface area contributed by atoms with E-state index in [4.69, 9.17) is 21.7 Å². The van der Waals surface area contributed by atoms with Crippen molar-refractivity contribution in [1.82, 2.24) is 10.3 Å². The third-order valence-corrected chi connectivity index (χ3v) is 4.12. The minimum absolute atomic E-state index is 0.0691. The third-order valence-electron chi connectivity index (χ3n) is 3.90. The minimum Gasteiger partial charge on any atom is -0.493 e. The first-order valence-corrected chi connectivity index (χ1v) is 8.24. The number of benzene rings is 1. The molecule has 1 atom stereocenters. The van der Waals surface area contributed by atoms with Crippen LogP contribution in [0.4, 0.5) is 5.82 Å². The summed E-state index contributed by atoms with van der Waals surface area (Å²) in [5, 5.41) is 6.99. The van der Waals surface area contributed by atoms with E-state index in [0.717, 1.165) is 17.7 Å². The number of ether oxygens (including phenoxy) is 2. The molecule has 0 amide bonds. The molecule has 0 spiro atoms. The first-order valence-electron chi connectivity index (χ1n) is 7.83. The fraction of sp³-hybridized carbons (Fsp3) is 0.333. The molecule has 1 aromatic heterocycles. The topological polar surface area (TPSA) is 55.4 Å². The standard InChI is InChI=1S/C18H21N3O2S/c1-18(2)11-13(12-7-4-5-8-14(12)23-18)20-17(24)21-16-15(22-3)9-6-10-19-16/h4-10,13H,11H2,1-3H3,(H2,19,20,21,24)/t13-/m1/s1. The van der Waals surface area contributed by atoms with Gasteiger partial charge in [-0.2, -0.15) is 0 Å². The second kappa shape index (κ2) is 6.65. The molecule has 1 aliphatic rings. The first kappa shape index (κ1) is 16.5. The van der Waals surface area contributed by atoms with Gasteiger partial charge in [0.2, 0.25) is 0 Å². The van der Waals surface area contributed by atoms with Crippen molar-refractivity contribution in [3.8, 4) is 11.5 Å². The Morgan fingerprint density at radius 1 is 1.29 bits per heavy atom. The van der Waals surface area contributed by atoms with Gasteiger partial charge in [0.15, 0.2) is 16.7 Å². The number of nitrogens with zero attached hydrogens (tertiary/aromatic N) is 1. The molecule has 5 nitrogen and oxygen atoms in total. The largest absolute Gasteiger partial charge is 0.493 e. The van der Waals surface area contributed by atoms with Crippen LogP contribution >= 0.6 is 12.2 Å². The van der Waals surface area contributed by atoms with Gasteiger partial charge in [0, 0.05) is 18.2 Å². The molecule has 1 aromatic carbocycles. The van der Waals surface area contributed by atoms with Crippen LogP contribution in [0.15, 0.2) is 42.6 Å². The number of thiocarbonyl (C=S) groups is 1. The summed E-state index contributed by atoms with van der Waals surface area (Å²) in [6.07, 6.45) is 2.51. The molecule has 0 unspecified atom stereocenters. The van der Waals surface area contributed by atoms with Crippen molar-refractivity contribution in [3.05, 3.63) is 48.2 Å². The number of hydrogen-bond donors (Lipinski definition) is 2. The molecule has 0 radical (unpaired) electrons. The maximum atomic E-state index is 6.05. The Morgan fingerprint density at radius 2 is 2.08 bits per heavy atom. The summed E-state index contributed by atoms with van der Waals surface area (Å²) in [5.41, 5.74) is 0.846. The smallest absolute Gasteiger partial charge is 0.174 e. The minimum atomic E-state index is -0.260. The second-order valence-corrected chi connectivity index (χ2v) is 6.72. The highest BCUT2D eigenvalue weighted by molar-refractivity contribution is 7.80. The fourth-order valence-electron chi connectivity index (χ4n) is 2.88. The predicted molar refractivity (Wildman–Crippen MR) is 98.7 cm³/mol. The van der Waals surface area contributed by atoms with Crippen LogP contribution < -0.4 is 20.1 Å². The van der Waals surface area contributed by atoms with E-state index in [1.165, 1.54) is 0 Å². The lowest BCUT2D eigenvalue weighted by molar-refractivity contribution is 0.0697. The number of rotatable bonds is 3. The molecule has 0 saturated carbocycles. The summed E-state index contributed by atoms with van der Waals surface area (Å²) < 4.78 is 11.3. The van der Waals surface area contributed by atoms with Crippen LogP contribution in [0.25, 0.3) is 0 Å². The third kappa shape index (κ3) is 3.59. The average Bonchev–Trinajstić information content (AvgIpc) is 2.54. The summed E-state index contributed by atoms with van der Waals surface area (Å²) in [4.78, 5) is 4.27. The van der Waals surface area contributed by atoms with Crippen LogP contribution in [0.1, 0.15) is 31.9 Å². The Morgan fingerprint density at radius 3 is 2.88 bits per heavy atom. The zero-order valence-electron chi connectivity index (χ0n) is 14.0. The Labute approximate surface area is 147 Å². The van der Waals surface area contributed by atoms with Crippen LogP contribution in [-0.2, 0) is 0 Å². The molecule has 24 heavy (non-hydrogen) atoms. The number of methoxy groups -OCH3 is 1. The number of nitrogens with one attached hydrogen (secondary N) is 2. The van der Waals surface area contributed by atoms with Crippen LogP contribution in [-0.4, -0.2) is 22.8 Å². The van der Waals surface area contributed by atoms with Gasteiger partial charge in [0.05, 0.1) is 13.2 Å². The summed E-state index contributed by atoms with van der Waals surface area (Å²) in [7, 11) is 1.61. The van der Waals surface area contributed by atoms with Crippen molar-refractivity contribution in [2.75, 3.05) is 12.4 Å². The van der Waals surface area contributed by atoms with Crippen molar-refractivity contribution in [3.63, 3.8) is 0 Å². The van der Waals surface area contributed by atoms with Gasteiger partial charge < -0.3 is 20.1 Å². The summed E-state index contributed by atoms with van der Waals surface area (Å²) in [5.74, 6) is 2.14. The Balaban J connectivity index is 1.77. The van der Waals surface area contributed by atoms with Crippen molar-refractivity contribution in [1.29, 1.82) is 0 Å². The molecule has 0 bridgehead atoms. The highest BCUT2D eigenvalue weighted by Crippen LogP contribution is 2.39. The van der Waals surface area contributed by atoms with Gasteiger partial charge >= 0.3 is 0 Å². The number of para-hydroxylation sites is 1. The van der Waals surface area contributed by atoms with Crippen molar-refractivity contribution in [2.24, 2.45) is 0 Å². The molecule has 2 aromatic rings. The van der Waals surface area contributed by atoms with E-state index in [2.05, 4.69) is 35.5 Å². The lowest BCUT2D eigenvalue weighted by Crippen LogP contribution is -2.42. The van der Waals surface area contributed by atoms with E-state index >= 15 is 0 Å². The van der Waals surface area contributed by atoms with Crippen LogP contribution in [0.3, 0.4) is 0 Å².